The fourth-order valence-corrected chi connectivity index (χ4v) is 2.29. The summed E-state index contributed by atoms with van der Waals surface area (Å²) in [6.45, 7) is -0.200. The number of hydrogen-bond donors (Lipinski definition) is 1. The molecule has 104 valence electrons. The van der Waals surface area contributed by atoms with E-state index in [0.29, 0.717) is 4.47 Å². The third kappa shape index (κ3) is 3.29. The van der Waals surface area contributed by atoms with Crippen LogP contribution >= 0.6 is 27.5 Å². The quantitative estimate of drug-likeness (QED) is 0.661. The number of nitrogen functional groups attached to an aromatic ring is 1. The van der Waals surface area contributed by atoms with Crippen molar-refractivity contribution in [1.29, 1.82) is 0 Å². The van der Waals surface area contributed by atoms with Gasteiger partial charge < -0.3 is 10.5 Å². The van der Waals surface area contributed by atoms with Gasteiger partial charge in [-0.25, -0.2) is 9.18 Å². The van der Waals surface area contributed by atoms with Crippen LogP contribution in [0.1, 0.15) is 15.9 Å². The lowest BCUT2D eigenvalue weighted by atomic mass is 10.2. The van der Waals surface area contributed by atoms with Gasteiger partial charge in [-0.3, -0.25) is 0 Å². The zero-order chi connectivity index (χ0) is 14.7. The normalized spacial score (nSPS) is 10.3. The SMILES string of the molecule is Nc1cccc(Cl)c1C(=O)OCc1cc(Br)ccc1F. The van der Waals surface area contributed by atoms with Crippen molar-refractivity contribution in [1.82, 2.24) is 0 Å². The van der Waals surface area contributed by atoms with Crippen LogP contribution in [0.4, 0.5) is 10.1 Å². The Morgan fingerprint density at radius 1 is 1.35 bits per heavy atom. The highest BCUT2D eigenvalue weighted by atomic mass is 79.9. The van der Waals surface area contributed by atoms with Crippen LogP contribution in [-0.4, -0.2) is 5.97 Å². The minimum Gasteiger partial charge on any atom is -0.457 e. The van der Waals surface area contributed by atoms with Gasteiger partial charge in [0.15, 0.2) is 0 Å². The molecule has 20 heavy (non-hydrogen) atoms. The molecule has 0 saturated heterocycles. The van der Waals surface area contributed by atoms with Crippen molar-refractivity contribution in [2.75, 3.05) is 5.73 Å². The lowest BCUT2D eigenvalue weighted by Gasteiger charge is -2.09. The van der Waals surface area contributed by atoms with Crippen LogP contribution in [0, 0.1) is 5.82 Å². The largest absolute Gasteiger partial charge is 0.457 e. The average molecular weight is 359 g/mol. The molecule has 2 rings (SSSR count). The van der Waals surface area contributed by atoms with E-state index in [9.17, 15) is 9.18 Å². The molecule has 0 aliphatic heterocycles. The van der Waals surface area contributed by atoms with Crippen molar-refractivity contribution in [2.45, 2.75) is 6.61 Å². The fourth-order valence-electron chi connectivity index (χ4n) is 1.63. The van der Waals surface area contributed by atoms with Crippen LogP contribution in [0.15, 0.2) is 40.9 Å². The number of halogens is 3. The molecule has 0 saturated carbocycles. The van der Waals surface area contributed by atoms with Crippen LogP contribution in [-0.2, 0) is 11.3 Å². The van der Waals surface area contributed by atoms with E-state index in [2.05, 4.69) is 15.9 Å². The molecule has 2 N–H and O–H groups in total. The molecule has 0 spiro atoms. The zero-order valence-electron chi connectivity index (χ0n) is 10.2. The minimum absolute atomic E-state index is 0.0876. The minimum atomic E-state index is -0.688. The first-order chi connectivity index (χ1) is 9.49. The topological polar surface area (TPSA) is 52.3 Å². The maximum absolute atomic E-state index is 13.5. The Kier molecular flexibility index (Phi) is 4.62. The van der Waals surface area contributed by atoms with Gasteiger partial charge in [0.25, 0.3) is 0 Å². The summed E-state index contributed by atoms with van der Waals surface area (Å²) in [6.07, 6.45) is 0. The molecule has 0 heterocycles. The van der Waals surface area contributed by atoms with Gasteiger partial charge in [-0.1, -0.05) is 33.6 Å². The van der Waals surface area contributed by atoms with Gasteiger partial charge in [-0.05, 0) is 30.3 Å². The highest BCUT2D eigenvalue weighted by Gasteiger charge is 2.16. The summed E-state index contributed by atoms with van der Waals surface area (Å²) < 4.78 is 19.3. The monoisotopic (exact) mass is 357 g/mol. The van der Waals surface area contributed by atoms with Gasteiger partial charge in [0, 0.05) is 15.7 Å². The summed E-state index contributed by atoms with van der Waals surface area (Å²) in [5, 5.41) is 0.199. The van der Waals surface area contributed by atoms with Crippen molar-refractivity contribution in [2.24, 2.45) is 0 Å². The standard InChI is InChI=1S/C14H10BrClFNO2/c15-9-4-5-11(17)8(6-9)7-20-14(19)13-10(16)2-1-3-12(13)18/h1-6H,7,18H2. The molecule has 0 radical (unpaired) electrons. The van der Waals surface area contributed by atoms with Crippen molar-refractivity contribution in [3.63, 3.8) is 0 Å². The van der Waals surface area contributed by atoms with Crippen LogP contribution < -0.4 is 5.73 Å². The number of carbonyl (C=O) groups is 1. The molecule has 0 aliphatic carbocycles. The van der Waals surface area contributed by atoms with E-state index in [1.54, 1.807) is 24.3 Å². The van der Waals surface area contributed by atoms with Crippen molar-refractivity contribution >= 4 is 39.2 Å². The molecule has 6 heteroatoms. The van der Waals surface area contributed by atoms with E-state index in [0.717, 1.165) is 0 Å². The van der Waals surface area contributed by atoms with Crippen molar-refractivity contribution < 1.29 is 13.9 Å². The van der Waals surface area contributed by atoms with E-state index in [1.165, 1.54) is 12.1 Å². The molecular formula is C14H10BrClFNO2. The van der Waals surface area contributed by atoms with E-state index in [1.807, 2.05) is 0 Å². The number of carbonyl (C=O) groups excluding carboxylic acids is 1. The second kappa shape index (κ2) is 6.24. The van der Waals surface area contributed by atoms with E-state index < -0.39 is 11.8 Å². The predicted molar refractivity (Wildman–Crippen MR) is 79.1 cm³/mol. The Morgan fingerprint density at radius 2 is 2.10 bits per heavy atom. The van der Waals surface area contributed by atoms with Gasteiger partial charge in [-0.2, -0.15) is 0 Å². The molecular weight excluding hydrogens is 349 g/mol. The summed E-state index contributed by atoms with van der Waals surface area (Å²) >= 11 is 9.12. The molecule has 0 amide bonds. The predicted octanol–water partition coefficient (Wildman–Crippen LogP) is 4.18. The maximum Gasteiger partial charge on any atom is 0.342 e. The first kappa shape index (κ1) is 14.8. The van der Waals surface area contributed by atoms with Crippen molar-refractivity contribution in [3.8, 4) is 0 Å². The van der Waals surface area contributed by atoms with E-state index in [-0.39, 0.29) is 28.4 Å². The molecule has 2 aromatic rings. The Labute approximate surface area is 128 Å². The van der Waals surface area contributed by atoms with Crippen LogP contribution in [0.5, 0.6) is 0 Å². The molecule has 0 fully saturated rings. The Hall–Kier alpha value is -1.59. The summed E-state index contributed by atoms with van der Waals surface area (Å²) in [5.74, 6) is -1.14. The summed E-state index contributed by atoms with van der Waals surface area (Å²) in [7, 11) is 0. The van der Waals surface area contributed by atoms with E-state index >= 15 is 0 Å². The third-order valence-electron chi connectivity index (χ3n) is 2.62. The van der Waals surface area contributed by atoms with Gasteiger partial charge >= 0.3 is 5.97 Å². The number of hydrogen-bond acceptors (Lipinski definition) is 3. The molecule has 2 aromatic carbocycles. The van der Waals surface area contributed by atoms with Gasteiger partial charge in [0.2, 0.25) is 0 Å². The summed E-state index contributed by atoms with van der Waals surface area (Å²) in [5.41, 5.74) is 6.25. The fraction of sp³-hybridized carbons (Fsp3) is 0.0714. The first-order valence-electron chi connectivity index (χ1n) is 5.64. The van der Waals surface area contributed by atoms with Crippen LogP contribution in [0.2, 0.25) is 5.02 Å². The first-order valence-corrected chi connectivity index (χ1v) is 6.81. The number of nitrogens with two attached hydrogens (primary N) is 1. The van der Waals surface area contributed by atoms with Crippen LogP contribution in [0.3, 0.4) is 0 Å². The second-order valence-corrected chi connectivity index (χ2v) is 5.34. The molecule has 0 aromatic heterocycles. The van der Waals surface area contributed by atoms with Crippen molar-refractivity contribution in [3.05, 3.63) is 62.8 Å². The maximum atomic E-state index is 13.5. The molecule has 3 nitrogen and oxygen atoms in total. The highest BCUT2D eigenvalue weighted by molar-refractivity contribution is 9.10. The smallest absolute Gasteiger partial charge is 0.342 e. The van der Waals surface area contributed by atoms with Gasteiger partial charge in [-0.15, -0.1) is 0 Å². The number of benzene rings is 2. The number of anilines is 1. The molecule has 0 bridgehead atoms. The Morgan fingerprint density at radius 3 is 2.80 bits per heavy atom. The zero-order valence-corrected chi connectivity index (χ0v) is 12.5. The number of ether oxygens (including phenoxy) is 1. The average Bonchev–Trinajstić information content (AvgIpc) is 2.39. The molecule has 0 unspecified atom stereocenters. The Bertz CT molecular complexity index is 643. The number of esters is 1. The summed E-state index contributed by atoms with van der Waals surface area (Å²) in [4.78, 5) is 11.9. The molecule has 0 atom stereocenters. The second-order valence-electron chi connectivity index (χ2n) is 4.02. The lowest BCUT2D eigenvalue weighted by molar-refractivity contribution is 0.0470. The lowest BCUT2D eigenvalue weighted by Crippen LogP contribution is -2.09. The summed E-state index contributed by atoms with van der Waals surface area (Å²) in [6, 6.07) is 9.10. The van der Waals surface area contributed by atoms with Gasteiger partial charge in [0.1, 0.15) is 18.0 Å². The van der Waals surface area contributed by atoms with Crippen LogP contribution in [0.25, 0.3) is 0 Å². The van der Waals surface area contributed by atoms with Gasteiger partial charge in [0.05, 0.1) is 5.02 Å². The highest BCUT2D eigenvalue weighted by Crippen LogP contribution is 2.24. The molecule has 0 aliphatic rings. The Balaban J connectivity index is 2.15. The van der Waals surface area contributed by atoms with E-state index in [4.69, 9.17) is 22.1 Å². The number of rotatable bonds is 3. The third-order valence-corrected chi connectivity index (χ3v) is 3.42.